The largest absolute Gasteiger partial charge is 0.462 e. The molecule has 0 unspecified atom stereocenters. The molecule has 63 heavy (non-hydrogen) atoms. The number of esters is 3. The van der Waals surface area contributed by atoms with Gasteiger partial charge < -0.3 is 14.2 Å². The van der Waals surface area contributed by atoms with Gasteiger partial charge >= 0.3 is 17.9 Å². The van der Waals surface area contributed by atoms with Crippen molar-refractivity contribution in [1.82, 2.24) is 0 Å². The standard InChI is InChI=1S/C57H98O6/c1-4-7-10-13-16-19-22-25-26-27-28-29-30-33-35-38-41-44-47-50-56(59)62-53-54(63-57(60)51-48-45-42-39-36-32-24-21-18-15-12-9-6-3)52-61-55(58)49-46-43-40-37-34-31-23-20-17-14-11-8-5-2/h16,19,21,24-26,28-29,33,35,41,44,54H,4-15,17-18,20,22-23,27,30-32,34,36-40,42-43,45-53H2,1-3H3/b19-16-,24-21-,26-25-,29-28-,35-33-,44-41-/t54-/m0/s1. The monoisotopic (exact) mass is 879 g/mol. The van der Waals surface area contributed by atoms with Crippen molar-refractivity contribution in [2.24, 2.45) is 0 Å². The Balaban J connectivity index is 4.48. The number of hydrogen-bond donors (Lipinski definition) is 0. The van der Waals surface area contributed by atoms with Crippen molar-refractivity contribution < 1.29 is 28.6 Å². The van der Waals surface area contributed by atoms with Gasteiger partial charge in [0.05, 0.1) is 0 Å². The number of hydrogen-bond acceptors (Lipinski definition) is 6. The zero-order valence-corrected chi connectivity index (χ0v) is 41.3. The maximum Gasteiger partial charge on any atom is 0.306 e. The van der Waals surface area contributed by atoms with Gasteiger partial charge in [-0.3, -0.25) is 14.4 Å². The van der Waals surface area contributed by atoms with Gasteiger partial charge in [-0.05, 0) is 83.5 Å². The quantitative estimate of drug-likeness (QED) is 0.0262. The molecule has 0 aliphatic heterocycles. The predicted molar refractivity (Wildman–Crippen MR) is 270 cm³/mol. The van der Waals surface area contributed by atoms with Crippen LogP contribution in [0, 0.1) is 0 Å². The summed E-state index contributed by atoms with van der Waals surface area (Å²) in [6.07, 6.45) is 64.6. The molecule has 0 N–H and O–H groups in total. The van der Waals surface area contributed by atoms with Crippen LogP contribution in [0.2, 0.25) is 0 Å². The average molecular weight is 879 g/mol. The van der Waals surface area contributed by atoms with Crippen molar-refractivity contribution in [3.05, 3.63) is 72.9 Å². The summed E-state index contributed by atoms with van der Waals surface area (Å²) in [5.41, 5.74) is 0. The van der Waals surface area contributed by atoms with Crippen molar-refractivity contribution in [2.45, 2.75) is 258 Å². The normalized spacial score (nSPS) is 12.6. The van der Waals surface area contributed by atoms with Gasteiger partial charge in [0, 0.05) is 19.3 Å². The lowest BCUT2D eigenvalue weighted by molar-refractivity contribution is -0.166. The molecule has 0 bridgehead atoms. The minimum absolute atomic E-state index is 0.0998. The van der Waals surface area contributed by atoms with E-state index in [4.69, 9.17) is 14.2 Å². The Labute approximate surface area is 389 Å². The Morgan fingerprint density at radius 3 is 1.05 bits per heavy atom. The van der Waals surface area contributed by atoms with Crippen molar-refractivity contribution in [1.29, 1.82) is 0 Å². The number of ether oxygens (including phenoxy) is 3. The Bertz CT molecular complexity index is 1190. The van der Waals surface area contributed by atoms with Crippen LogP contribution in [-0.4, -0.2) is 37.2 Å². The Hall–Kier alpha value is -3.15. The van der Waals surface area contributed by atoms with Crippen molar-refractivity contribution in [3.63, 3.8) is 0 Å². The molecule has 0 radical (unpaired) electrons. The van der Waals surface area contributed by atoms with Crippen LogP contribution in [0.3, 0.4) is 0 Å². The average Bonchev–Trinajstić information content (AvgIpc) is 3.28. The van der Waals surface area contributed by atoms with E-state index in [2.05, 4.69) is 87.6 Å². The summed E-state index contributed by atoms with van der Waals surface area (Å²) in [4.78, 5) is 37.9. The van der Waals surface area contributed by atoms with E-state index >= 15 is 0 Å². The van der Waals surface area contributed by atoms with E-state index in [1.807, 2.05) is 6.08 Å². The second-order valence-electron chi connectivity index (χ2n) is 17.4. The third kappa shape index (κ3) is 49.7. The summed E-state index contributed by atoms with van der Waals surface area (Å²) in [5, 5.41) is 0. The lowest BCUT2D eigenvalue weighted by atomic mass is 10.0. The molecule has 0 aliphatic carbocycles. The summed E-state index contributed by atoms with van der Waals surface area (Å²) in [5.74, 6) is -0.992. The van der Waals surface area contributed by atoms with Crippen LogP contribution in [0.1, 0.15) is 252 Å². The predicted octanol–water partition coefficient (Wildman–Crippen LogP) is 17.4. The maximum atomic E-state index is 12.8. The fraction of sp³-hybridized carbons (Fsp3) is 0.737. The molecule has 0 rings (SSSR count). The molecule has 6 heteroatoms. The molecule has 0 fully saturated rings. The second kappa shape index (κ2) is 51.5. The van der Waals surface area contributed by atoms with Crippen molar-refractivity contribution in [2.75, 3.05) is 13.2 Å². The third-order valence-electron chi connectivity index (χ3n) is 11.2. The van der Waals surface area contributed by atoms with Crippen LogP contribution in [0.4, 0.5) is 0 Å². The molecule has 6 nitrogen and oxygen atoms in total. The number of allylic oxidation sites excluding steroid dienone is 12. The van der Waals surface area contributed by atoms with Gasteiger partial charge in [-0.25, -0.2) is 0 Å². The molecular formula is C57H98O6. The zero-order valence-electron chi connectivity index (χ0n) is 41.3. The molecule has 0 spiro atoms. The minimum atomic E-state index is -0.807. The van der Waals surface area contributed by atoms with E-state index in [9.17, 15) is 14.4 Å². The number of carbonyl (C=O) groups excluding carboxylic acids is 3. The highest BCUT2D eigenvalue weighted by Crippen LogP contribution is 2.14. The molecule has 0 aromatic heterocycles. The summed E-state index contributed by atoms with van der Waals surface area (Å²) >= 11 is 0. The van der Waals surface area contributed by atoms with Crippen LogP contribution >= 0.6 is 0 Å². The maximum absolute atomic E-state index is 12.8. The molecule has 362 valence electrons. The van der Waals surface area contributed by atoms with Gasteiger partial charge in [-0.1, -0.05) is 222 Å². The molecule has 0 saturated carbocycles. The molecular weight excluding hydrogens is 781 g/mol. The Morgan fingerprint density at radius 2 is 0.603 bits per heavy atom. The Morgan fingerprint density at radius 1 is 0.317 bits per heavy atom. The highest BCUT2D eigenvalue weighted by atomic mass is 16.6. The lowest BCUT2D eigenvalue weighted by Crippen LogP contribution is -2.30. The summed E-state index contributed by atoms with van der Waals surface area (Å²) in [6, 6.07) is 0. The molecule has 0 aliphatic rings. The molecule has 0 aromatic carbocycles. The van der Waals surface area contributed by atoms with E-state index in [1.54, 1.807) is 0 Å². The fourth-order valence-corrected chi connectivity index (χ4v) is 7.18. The first-order chi connectivity index (χ1) is 31.0. The summed E-state index contributed by atoms with van der Waals surface area (Å²) < 4.78 is 16.7. The van der Waals surface area contributed by atoms with Gasteiger partial charge in [-0.15, -0.1) is 0 Å². The first kappa shape index (κ1) is 59.9. The van der Waals surface area contributed by atoms with Crippen LogP contribution in [0.5, 0.6) is 0 Å². The van der Waals surface area contributed by atoms with Crippen LogP contribution in [0.25, 0.3) is 0 Å². The van der Waals surface area contributed by atoms with Crippen LogP contribution in [0.15, 0.2) is 72.9 Å². The van der Waals surface area contributed by atoms with Crippen molar-refractivity contribution in [3.8, 4) is 0 Å². The smallest absolute Gasteiger partial charge is 0.306 e. The summed E-state index contributed by atoms with van der Waals surface area (Å²) in [7, 11) is 0. The van der Waals surface area contributed by atoms with Crippen LogP contribution in [-0.2, 0) is 28.6 Å². The van der Waals surface area contributed by atoms with Crippen LogP contribution < -0.4 is 0 Å². The van der Waals surface area contributed by atoms with Gasteiger partial charge in [0.2, 0.25) is 0 Å². The van der Waals surface area contributed by atoms with Gasteiger partial charge in [0.15, 0.2) is 6.10 Å². The zero-order chi connectivity index (χ0) is 45.8. The second-order valence-corrected chi connectivity index (χ2v) is 17.4. The third-order valence-corrected chi connectivity index (χ3v) is 11.2. The SMILES string of the molecule is CCCCC/C=C\C/C=C\C/C=C\C/C=C\C/C=C\CCC(=O)OC[C@H](COC(=O)CCCCCCCCCCCCCCC)OC(=O)CCCCCCC/C=C\CCCCCC. The van der Waals surface area contributed by atoms with Gasteiger partial charge in [0.1, 0.15) is 13.2 Å². The number of rotatable bonds is 47. The first-order valence-electron chi connectivity index (χ1n) is 26.4. The number of carbonyl (C=O) groups is 3. The van der Waals surface area contributed by atoms with E-state index in [1.165, 1.54) is 128 Å². The van der Waals surface area contributed by atoms with Gasteiger partial charge in [0.25, 0.3) is 0 Å². The molecule has 0 amide bonds. The molecule has 0 heterocycles. The lowest BCUT2D eigenvalue weighted by Gasteiger charge is -2.18. The van der Waals surface area contributed by atoms with E-state index in [0.717, 1.165) is 77.0 Å². The molecule has 0 aromatic rings. The van der Waals surface area contributed by atoms with E-state index in [0.29, 0.717) is 19.3 Å². The first-order valence-corrected chi connectivity index (χ1v) is 26.4. The van der Waals surface area contributed by atoms with E-state index in [-0.39, 0.29) is 37.5 Å². The van der Waals surface area contributed by atoms with Crippen molar-refractivity contribution >= 4 is 17.9 Å². The fourth-order valence-electron chi connectivity index (χ4n) is 7.18. The molecule has 1 atom stereocenters. The highest BCUT2D eigenvalue weighted by molar-refractivity contribution is 5.71. The Kier molecular flexibility index (Phi) is 48.9. The van der Waals surface area contributed by atoms with E-state index < -0.39 is 6.10 Å². The highest BCUT2D eigenvalue weighted by Gasteiger charge is 2.19. The topological polar surface area (TPSA) is 78.9 Å². The number of unbranched alkanes of at least 4 members (excludes halogenated alkanes) is 24. The minimum Gasteiger partial charge on any atom is -0.462 e. The van der Waals surface area contributed by atoms with Gasteiger partial charge in [-0.2, -0.15) is 0 Å². The molecule has 0 saturated heterocycles. The summed E-state index contributed by atoms with van der Waals surface area (Å²) in [6.45, 7) is 6.53.